The van der Waals surface area contributed by atoms with Gasteiger partial charge in [-0.3, -0.25) is 0 Å². The molecule has 35 heavy (non-hydrogen) atoms. The Bertz CT molecular complexity index is 1820. The summed E-state index contributed by atoms with van der Waals surface area (Å²) in [5.41, 5.74) is 9.80. The summed E-state index contributed by atoms with van der Waals surface area (Å²) in [4.78, 5) is 3.69. The van der Waals surface area contributed by atoms with E-state index >= 15 is 0 Å². The summed E-state index contributed by atoms with van der Waals surface area (Å²) in [5.74, 6) is 0. The van der Waals surface area contributed by atoms with Crippen LogP contribution in [-0.4, -0.2) is 4.98 Å². The van der Waals surface area contributed by atoms with Crippen molar-refractivity contribution in [2.75, 3.05) is 0 Å². The van der Waals surface area contributed by atoms with E-state index in [9.17, 15) is 0 Å². The topological polar surface area (TPSA) is 15.8 Å². The van der Waals surface area contributed by atoms with E-state index in [1.807, 2.05) is 0 Å². The first-order valence-corrected chi connectivity index (χ1v) is 12.0. The van der Waals surface area contributed by atoms with Crippen molar-refractivity contribution in [3.63, 3.8) is 0 Å². The van der Waals surface area contributed by atoms with Crippen LogP contribution in [0, 0.1) is 0 Å². The van der Waals surface area contributed by atoms with Crippen LogP contribution in [0.3, 0.4) is 0 Å². The Labute approximate surface area is 204 Å². The summed E-state index contributed by atoms with van der Waals surface area (Å²) in [5, 5.41) is 5.05. The Hall–Kier alpha value is -4.62. The van der Waals surface area contributed by atoms with Gasteiger partial charge in [0.25, 0.3) is 0 Å². The molecule has 7 rings (SSSR count). The molecule has 0 spiro atoms. The molecule has 1 heteroatoms. The molecule has 1 nitrogen and oxygen atoms in total. The lowest BCUT2D eigenvalue weighted by Gasteiger charge is -2.15. The molecule has 0 saturated heterocycles. The van der Waals surface area contributed by atoms with Crippen LogP contribution < -0.4 is 0 Å². The van der Waals surface area contributed by atoms with Crippen LogP contribution in [0.1, 0.15) is 0 Å². The minimum absolute atomic E-state index is 1.16. The van der Waals surface area contributed by atoms with E-state index in [0.29, 0.717) is 0 Å². The third-order valence-corrected chi connectivity index (χ3v) is 7.01. The second-order valence-corrected chi connectivity index (χ2v) is 9.05. The number of hydrogen-bond acceptors (Lipinski definition) is 0. The molecule has 0 aliphatic rings. The molecule has 0 radical (unpaired) electrons. The quantitative estimate of drug-likeness (QED) is 0.279. The summed E-state index contributed by atoms with van der Waals surface area (Å²) in [6, 6.07) is 48.0. The molecular weight excluding hydrogens is 422 g/mol. The molecule has 0 atom stereocenters. The molecule has 0 fully saturated rings. The normalized spacial score (nSPS) is 11.4. The Morgan fingerprint density at radius 3 is 1.91 bits per heavy atom. The summed E-state index contributed by atoms with van der Waals surface area (Å²) >= 11 is 0. The Balaban J connectivity index is 1.63. The van der Waals surface area contributed by atoms with Crippen LogP contribution in [0.15, 0.2) is 133 Å². The molecule has 0 unspecified atom stereocenters. The van der Waals surface area contributed by atoms with E-state index in [4.69, 9.17) is 0 Å². The predicted octanol–water partition coefficient (Wildman–Crippen LogP) is 9.48. The van der Waals surface area contributed by atoms with Gasteiger partial charge in [-0.25, -0.2) is 0 Å². The fourth-order valence-corrected chi connectivity index (χ4v) is 5.38. The molecule has 6 aromatic carbocycles. The van der Waals surface area contributed by atoms with Crippen molar-refractivity contribution in [3.8, 4) is 33.4 Å². The van der Waals surface area contributed by atoms with Gasteiger partial charge in [-0.05, 0) is 56.8 Å². The lowest BCUT2D eigenvalue weighted by Crippen LogP contribution is -1.89. The maximum Gasteiger partial charge on any atom is 0.0471 e. The van der Waals surface area contributed by atoms with Crippen LogP contribution in [0.2, 0.25) is 0 Å². The van der Waals surface area contributed by atoms with Gasteiger partial charge in [0.2, 0.25) is 0 Å². The van der Waals surface area contributed by atoms with E-state index in [-0.39, 0.29) is 0 Å². The molecule has 0 amide bonds. The Morgan fingerprint density at radius 2 is 1.09 bits per heavy atom. The van der Waals surface area contributed by atoms with E-state index in [0.717, 1.165) is 11.0 Å². The fraction of sp³-hybridized carbons (Fsp3) is 0. The smallest absolute Gasteiger partial charge is 0.0471 e. The molecule has 1 N–H and O–H groups in total. The van der Waals surface area contributed by atoms with E-state index in [1.54, 1.807) is 0 Å². The first-order chi connectivity index (χ1) is 17.4. The molecule has 164 valence electrons. The highest BCUT2D eigenvalue weighted by atomic mass is 14.7. The monoisotopic (exact) mass is 445 g/mol. The van der Waals surface area contributed by atoms with Crippen molar-refractivity contribution >= 4 is 32.6 Å². The SMILES string of the molecule is c1ccc(-c2ccc3[nH]c4ccc(-c5ccccc5)c(-c5cccc6ccccc56)c4c3c2)cc1. The molecular formula is C34H23N. The number of aromatic nitrogens is 1. The summed E-state index contributed by atoms with van der Waals surface area (Å²) in [6.45, 7) is 0. The molecule has 1 heterocycles. The van der Waals surface area contributed by atoms with Crippen molar-refractivity contribution in [2.45, 2.75) is 0 Å². The fourth-order valence-electron chi connectivity index (χ4n) is 5.38. The van der Waals surface area contributed by atoms with Crippen LogP contribution in [0.25, 0.3) is 66.0 Å². The van der Waals surface area contributed by atoms with Crippen molar-refractivity contribution in [1.29, 1.82) is 0 Å². The van der Waals surface area contributed by atoms with Gasteiger partial charge in [-0.15, -0.1) is 0 Å². The van der Waals surface area contributed by atoms with Gasteiger partial charge in [-0.2, -0.15) is 0 Å². The molecule has 0 aliphatic carbocycles. The van der Waals surface area contributed by atoms with Crippen LogP contribution >= 0.6 is 0 Å². The van der Waals surface area contributed by atoms with Crippen molar-refractivity contribution in [3.05, 3.63) is 133 Å². The average Bonchev–Trinajstić information content (AvgIpc) is 3.31. The molecule has 7 aromatic rings. The number of hydrogen-bond donors (Lipinski definition) is 1. The second kappa shape index (κ2) is 8.00. The molecule has 0 aliphatic heterocycles. The minimum atomic E-state index is 1.16. The zero-order chi connectivity index (χ0) is 23.2. The largest absolute Gasteiger partial charge is 0.354 e. The zero-order valence-electron chi connectivity index (χ0n) is 19.2. The first-order valence-electron chi connectivity index (χ1n) is 12.0. The van der Waals surface area contributed by atoms with Crippen LogP contribution in [-0.2, 0) is 0 Å². The molecule has 0 bridgehead atoms. The summed E-state index contributed by atoms with van der Waals surface area (Å²) < 4.78 is 0. The predicted molar refractivity (Wildman–Crippen MR) is 150 cm³/mol. The number of H-pyrrole nitrogens is 1. The molecule has 1 aromatic heterocycles. The van der Waals surface area contributed by atoms with Crippen molar-refractivity contribution in [2.24, 2.45) is 0 Å². The highest BCUT2D eigenvalue weighted by Gasteiger charge is 2.18. The van der Waals surface area contributed by atoms with Crippen LogP contribution in [0.4, 0.5) is 0 Å². The van der Waals surface area contributed by atoms with Crippen molar-refractivity contribution < 1.29 is 0 Å². The van der Waals surface area contributed by atoms with Gasteiger partial charge in [0, 0.05) is 27.4 Å². The number of benzene rings is 6. The van der Waals surface area contributed by atoms with Gasteiger partial charge < -0.3 is 4.98 Å². The Kier molecular flexibility index (Phi) is 4.53. The highest BCUT2D eigenvalue weighted by molar-refractivity contribution is 6.20. The lowest BCUT2D eigenvalue weighted by molar-refractivity contribution is 1.54. The maximum absolute atomic E-state index is 3.69. The maximum atomic E-state index is 3.69. The number of aromatic amines is 1. The Morgan fingerprint density at radius 1 is 0.400 bits per heavy atom. The summed E-state index contributed by atoms with van der Waals surface area (Å²) in [6.07, 6.45) is 0. The van der Waals surface area contributed by atoms with Gasteiger partial charge in [0.1, 0.15) is 0 Å². The van der Waals surface area contributed by atoms with Gasteiger partial charge in [-0.1, -0.05) is 115 Å². The third kappa shape index (κ3) is 3.25. The van der Waals surface area contributed by atoms with Crippen LogP contribution in [0.5, 0.6) is 0 Å². The lowest BCUT2D eigenvalue weighted by atomic mass is 9.88. The standard InChI is InChI=1S/C34H23N/c1-3-10-23(11-4-1)26-18-20-31-30(22-26)34-32(35-31)21-19-28(25-12-5-2-6-13-25)33(34)29-17-9-15-24-14-7-8-16-27(24)29/h1-22,35H. The van der Waals surface area contributed by atoms with Crippen molar-refractivity contribution in [1.82, 2.24) is 4.98 Å². The van der Waals surface area contributed by atoms with E-state index < -0.39 is 0 Å². The highest BCUT2D eigenvalue weighted by Crippen LogP contribution is 2.44. The number of nitrogens with one attached hydrogen (secondary N) is 1. The number of fused-ring (bicyclic) bond motifs is 4. The van der Waals surface area contributed by atoms with Gasteiger partial charge in [0.05, 0.1) is 0 Å². The van der Waals surface area contributed by atoms with Gasteiger partial charge in [0.15, 0.2) is 0 Å². The summed E-state index contributed by atoms with van der Waals surface area (Å²) in [7, 11) is 0. The number of rotatable bonds is 3. The van der Waals surface area contributed by atoms with E-state index in [1.165, 1.54) is 54.9 Å². The minimum Gasteiger partial charge on any atom is -0.354 e. The first kappa shape index (κ1) is 19.8. The third-order valence-electron chi connectivity index (χ3n) is 7.01. The average molecular weight is 446 g/mol. The van der Waals surface area contributed by atoms with Gasteiger partial charge >= 0.3 is 0 Å². The molecule has 0 saturated carbocycles. The second-order valence-electron chi connectivity index (χ2n) is 9.05. The zero-order valence-corrected chi connectivity index (χ0v) is 19.2. The van der Waals surface area contributed by atoms with E-state index in [2.05, 4.69) is 138 Å².